The Kier molecular flexibility index (Phi) is 5.71. The van der Waals surface area contributed by atoms with E-state index in [0.29, 0.717) is 0 Å². The summed E-state index contributed by atoms with van der Waals surface area (Å²) in [6.07, 6.45) is 7.12. The molecular weight excluding hydrogens is 100 g/mol. The maximum atomic E-state index is 4.36. The zero-order valence-electron chi connectivity index (χ0n) is 5.10. The molecule has 0 N–H and O–H groups in total. The summed E-state index contributed by atoms with van der Waals surface area (Å²) in [5, 5.41) is 0. The van der Waals surface area contributed by atoms with Gasteiger partial charge in [0.1, 0.15) is 0 Å². The van der Waals surface area contributed by atoms with Crippen LogP contribution in [0.15, 0.2) is 25.7 Å². The molecule has 0 unspecified atom stereocenters. The van der Waals surface area contributed by atoms with Crippen LogP contribution in [0, 0.1) is 0 Å². The molecule has 1 nitrogen and oxygen atoms in total. The molecule has 1 fully saturated rings. The van der Waals surface area contributed by atoms with Gasteiger partial charge in [0.2, 0.25) is 0 Å². The van der Waals surface area contributed by atoms with E-state index in [0.717, 1.165) is 0 Å². The third kappa shape index (κ3) is 18.6. The molecule has 1 aliphatic carbocycles. The molecule has 0 spiro atoms. The van der Waals surface area contributed by atoms with Crippen molar-refractivity contribution in [2.45, 2.75) is 19.3 Å². The Bertz CT molecular complexity index is 56.0. The number of hydrogen-bond donors (Lipinski definition) is 0. The molecule has 0 aromatic heterocycles. The van der Waals surface area contributed by atoms with E-state index in [9.17, 15) is 0 Å². The molecule has 1 aliphatic rings. The fraction of sp³-hybridized carbons (Fsp3) is 0.429. The van der Waals surface area contributed by atoms with Gasteiger partial charge in [-0.15, -0.1) is 0 Å². The van der Waals surface area contributed by atoms with Crippen LogP contribution in [0.3, 0.4) is 0 Å². The molecule has 0 radical (unpaired) electrons. The zero-order valence-corrected chi connectivity index (χ0v) is 5.10. The Balaban J connectivity index is 0.000000135. The van der Waals surface area contributed by atoms with Crippen molar-refractivity contribution in [1.82, 2.24) is 0 Å². The maximum Gasteiger partial charge on any atom is 0.0829 e. The number of hydrogen-bond acceptors (Lipinski definition) is 1. The van der Waals surface area contributed by atoms with Crippen molar-refractivity contribution in [1.29, 1.82) is 0 Å². The molecule has 1 saturated carbocycles. The van der Waals surface area contributed by atoms with Crippen molar-refractivity contribution >= 4 is 0 Å². The van der Waals surface area contributed by atoms with Gasteiger partial charge in [-0.05, 0) is 0 Å². The van der Waals surface area contributed by atoms with Crippen LogP contribution in [0.5, 0.6) is 0 Å². The highest BCUT2D eigenvalue weighted by Gasteiger charge is 1.95. The van der Waals surface area contributed by atoms with E-state index in [1.807, 2.05) is 0 Å². The lowest BCUT2D eigenvalue weighted by Gasteiger charge is -1.76. The van der Waals surface area contributed by atoms with Crippen molar-refractivity contribution in [2.75, 3.05) is 0 Å². The van der Waals surface area contributed by atoms with Crippen LogP contribution in [0.4, 0.5) is 0 Å². The lowest BCUT2D eigenvalue weighted by atomic mass is 11.0. The number of rotatable bonds is 2. The van der Waals surface area contributed by atoms with Gasteiger partial charge in [0, 0.05) is 0 Å². The second-order valence-electron chi connectivity index (χ2n) is 1.53. The zero-order chi connectivity index (χ0) is 6.24. The monoisotopic (exact) mass is 112 g/mol. The summed E-state index contributed by atoms with van der Waals surface area (Å²) in [5.41, 5.74) is 0. The molecular formula is C7H12O. The molecule has 1 heteroatoms. The lowest BCUT2D eigenvalue weighted by Crippen LogP contribution is -1.52. The molecule has 0 amide bonds. The van der Waals surface area contributed by atoms with Crippen molar-refractivity contribution in [2.24, 2.45) is 0 Å². The average molecular weight is 112 g/mol. The van der Waals surface area contributed by atoms with Crippen LogP contribution in [-0.2, 0) is 4.74 Å². The van der Waals surface area contributed by atoms with Gasteiger partial charge in [0.05, 0.1) is 12.5 Å². The molecule has 0 aromatic carbocycles. The lowest BCUT2D eigenvalue weighted by molar-refractivity contribution is 0.406. The molecule has 0 atom stereocenters. The Labute approximate surface area is 50.7 Å². The first-order chi connectivity index (χ1) is 3.91. The Hall–Kier alpha value is -0.720. The molecule has 0 aromatic rings. The van der Waals surface area contributed by atoms with Gasteiger partial charge in [-0.2, -0.15) is 0 Å². The fourth-order valence-electron chi connectivity index (χ4n) is 0.0680. The van der Waals surface area contributed by atoms with Crippen LogP contribution >= 0.6 is 0 Å². The van der Waals surface area contributed by atoms with Gasteiger partial charge in [-0.25, -0.2) is 0 Å². The summed E-state index contributed by atoms with van der Waals surface area (Å²) in [6.45, 7) is 6.51. The van der Waals surface area contributed by atoms with Crippen LogP contribution in [0.25, 0.3) is 0 Å². The fourth-order valence-corrected chi connectivity index (χ4v) is 0.0680. The second kappa shape index (κ2) is 6.28. The molecule has 46 valence electrons. The van der Waals surface area contributed by atoms with E-state index in [1.165, 1.54) is 31.8 Å². The standard InChI is InChI=1S/C4H6O.C3H6/c1-3-5-4-2;1-2-3-1/h3-4H,1-2H2;1-3H2. The second-order valence-corrected chi connectivity index (χ2v) is 1.53. The summed E-state index contributed by atoms with van der Waals surface area (Å²) in [6, 6.07) is 0. The predicted octanol–water partition coefficient (Wildman–Crippen LogP) is 2.46. The Morgan fingerprint density at radius 1 is 1.00 bits per heavy atom. The number of ether oxygens (including phenoxy) is 1. The third-order valence-corrected chi connectivity index (χ3v) is 0.546. The van der Waals surface area contributed by atoms with Gasteiger partial charge in [-0.1, -0.05) is 32.4 Å². The van der Waals surface area contributed by atoms with Crippen LogP contribution in [0.2, 0.25) is 0 Å². The van der Waals surface area contributed by atoms with E-state index in [4.69, 9.17) is 0 Å². The van der Waals surface area contributed by atoms with Crippen LogP contribution < -0.4 is 0 Å². The molecule has 0 aliphatic heterocycles. The molecule has 1 rings (SSSR count). The largest absolute Gasteiger partial charge is 0.474 e. The topological polar surface area (TPSA) is 9.23 Å². The third-order valence-electron chi connectivity index (χ3n) is 0.546. The first kappa shape index (κ1) is 7.28. The average Bonchev–Trinajstić information content (AvgIpc) is 2.50. The summed E-state index contributed by atoms with van der Waals surface area (Å²) in [4.78, 5) is 0. The van der Waals surface area contributed by atoms with Gasteiger partial charge in [0.15, 0.2) is 0 Å². The highest BCUT2D eigenvalue weighted by molar-refractivity contribution is 4.57. The summed E-state index contributed by atoms with van der Waals surface area (Å²) in [5.74, 6) is 0. The quantitative estimate of drug-likeness (QED) is 0.498. The van der Waals surface area contributed by atoms with E-state index in [-0.39, 0.29) is 0 Å². The normalized spacial score (nSPS) is 12.5. The first-order valence-electron chi connectivity index (χ1n) is 2.79. The summed E-state index contributed by atoms with van der Waals surface area (Å²) in [7, 11) is 0. The first-order valence-corrected chi connectivity index (χ1v) is 2.79. The highest BCUT2D eigenvalue weighted by Crippen LogP contribution is 2.14. The van der Waals surface area contributed by atoms with E-state index < -0.39 is 0 Å². The van der Waals surface area contributed by atoms with Gasteiger partial charge >= 0.3 is 0 Å². The van der Waals surface area contributed by atoms with E-state index >= 15 is 0 Å². The van der Waals surface area contributed by atoms with E-state index in [2.05, 4.69) is 17.9 Å². The summed E-state index contributed by atoms with van der Waals surface area (Å²) >= 11 is 0. The van der Waals surface area contributed by atoms with E-state index in [1.54, 1.807) is 0 Å². The highest BCUT2D eigenvalue weighted by atomic mass is 16.5. The minimum Gasteiger partial charge on any atom is -0.474 e. The van der Waals surface area contributed by atoms with Gasteiger partial charge in [-0.3, -0.25) is 0 Å². The van der Waals surface area contributed by atoms with Crippen LogP contribution in [0.1, 0.15) is 19.3 Å². The summed E-state index contributed by atoms with van der Waals surface area (Å²) < 4.78 is 4.36. The molecule has 0 saturated heterocycles. The maximum absolute atomic E-state index is 4.36. The minimum atomic E-state index is 1.31. The SMILES string of the molecule is C1CC1.C=COC=C. The van der Waals surface area contributed by atoms with Crippen molar-refractivity contribution < 1.29 is 4.74 Å². The van der Waals surface area contributed by atoms with Crippen molar-refractivity contribution in [3.63, 3.8) is 0 Å². The van der Waals surface area contributed by atoms with Crippen LogP contribution in [-0.4, -0.2) is 0 Å². The molecule has 0 bridgehead atoms. The molecule has 0 heterocycles. The minimum absolute atomic E-state index is 1.31. The smallest absolute Gasteiger partial charge is 0.0829 e. The Morgan fingerprint density at radius 3 is 1.38 bits per heavy atom. The van der Waals surface area contributed by atoms with Gasteiger partial charge < -0.3 is 4.74 Å². The predicted molar refractivity (Wildman–Crippen MR) is 35.3 cm³/mol. The molecule has 8 heavy (non-hydrogen) atoms. The van der Waals surface area contributed by atoms with Gasteiger partial charge in [0.25, 0.3) is 0 Å². The van der Waals surface area contributed by atoms with Crippen molar-refractivity contribution in [3.05, 3.63) is 25.7 Å². The Morgan fingerprint density at radius 2 is 1.38 bits per heavy atom. The van der Waals surface area contributed by atoms with Crippen molar-refractivity contribution in [3.8, 4) is 0 Å².